The van der Waals surface area contributed by atoms with Gasteiger partial charge in [-0.3, -0.25) is 0 Å². The van der Waals surface area contributed by atoms with Gasteiger partial charge in [0, 0.05) is 5.69 Å². The van der Waals surface area contributed by atoms with Crippen LogP contribution in [0.15, 0.2) is 24.3 Å². The Balaban J connectivity index is 2.57. The number of amides is 2. The third kappa shape index (κ3) is 6.08. The largest absolute Gasteiger partial charge is 0.467 e. The van der Waals surface area contributed by atoms with Crippen LogP contribution in [0.1, 0.15) is 18.9 Å². The maximum atomic E-state index is 11.9. The number of hydrogen-bond donors (Lipinski definition) is 2. The van der Waals surface area contributed by atoms with Crippen LogP contribution in [-0.2, 0) is 16.0 Å². The van der Waals surface area contributed by atoms with E-state index in [1.165, 1.54) is 12.7 Å². The van der Waals surface area contributed by atoms with E-state index in [1.807, 2.05) is 30.5 Å². The first-order chi connectivity index (χ1) is 10.1. The van der Waals surface area contributed by atoms with Gasteiger partial charge in [-0.15, -0.1) is 0 Å². The Morgan fingerprint density at radius 1 is 1.29 bits per heavy atom. The van der Waals surface area contributed by atoms with Crippen LogP contribution in [0.3, 0.4) is 0 Å². The summed E-state index contributed by atoms with van der Waals surface area (Å²) in [4.78, 5) is 23.5. The minimum atomic E-state index is -0.627. The molecule has 0 aromatic heterocycles. The standard InChI is InChI=1S/C15H22N2O3S/c1-4-11-5-7-12(8-6-11)16-15(19)17-13(9-10-21-3)14(18)20-2/h5-8,13H,4,9-10H2,1-3H3,(H2,16,17,19). The van der Waals surface area contributed by atoms with Crippen LogP contribution in [0.4, 0.5) is 10.5 Å². The molecule has 0 aliphatic heterocycles. The highest BCUT2D eigenvalue weighted by Gasteiger charge is 2.20. The number of carbonyl (C=O) groups excluding carboxylic acids is 2. The molecule has 0 aliphatic rings. The molecule has 21 heavy (non-hydrogen) atoms. The number of ether oxygens (including phenoxy) is 1. The summed E-state index contributed by atoms with van der Waals surface area (Å²) in [5, 5.41) is 5.36. The summed E-state index contributed by atoms with van der Waals surface area (Å²) >= 11 is 1.61. The van der Waals surface area contributed by atoms with Gasteiger partial charge in [0.15, 0.2) is 0 Å². The van der Waals surface area contributed by atoms with Crippen molar-refractivity contribution >= 4 is 29.4 Å². The average molecular weight is 310 g/mol. The fourth-order valence-electron chi connectivity index (χ4n) is 1.78. The van der Waals surface area contributed by atoms with E-state index in [-0.39, 0.29) is 0 Å². The van der Waals surface area contributed by atoms with Crippen LogP contribution in [0.2, 0.25) is 0 Å². The van der Waals surface area contributed by atoms with E-state index >= 15 is 0 Å². The Kier molecular flexibility index (Phi) is 7.68. The first kappa shape index (κ1) is 17.4. The summed E-state index contributed by atoms with van der Waals surface area (Å²) in [6, 6.07) is 6.57. The highest BCUT2D eigenvalue weighted by atomic mass is 32.2. The Bertz CT molecular complexity index is 462. The third-order valence-electron chi connectivity index (χ3n) is 3.02. The number of rotatable bonds is 7. The SMILES string of the molecule is CCc1ccc(NC(=O)NC(CCSC)C(=O)OC)cc1. The number of hydrogen-bond acceptors (Lipinski definition) is 4. The molecule has 0 radical (unpaired) electrons. The summed E-state index contributed by atoms with van der Waals surface area (Å²) in [5.41, 5.74) is 1.89. The minimum Gasteiger partial charge on any atom is -0.467 e. The van der Waals surface area contributed by atoms with Crippen molar-refractivity contribution in [1.82, 2.24) is 5.32 Å². The van der Waals surface area contributed by atoms with Crippen molar-refractivity contribution < 1.29 is 14.3 Å². The van der Waals surface area contributed by atoms with Crippen molar-refractivity contribution in [2.75, 3.05) is 24.4 Å². The van der Waals surface area contributed by atoms with Crippen molar-refractivity contribution in [2.45, 2.75) is 25.8 Å². The molecule has 1 atom stereocenters. The molecule has 0 bridgehead atoms. The molecule has 116 valence electrons. The molecule has 2 N–H and O–H groups in total. The molecule has 0 fully saturated rings. The zero-order valence-corrected chi connectivity index (χ0v) is 13.5. The normalized spacial score (nSPS) is 11.6. The Labute approximate surface area is 129 Å². The predicted octanol–water partition coefficient (Wildman–Crippen LogP) is 2.67. The van der Waals surface area contributed by atoms with Crippen LogP contribution in [-0.4, -0.2) is 37.2 Å². The summed E-state index contributed by atoms with van der Waals surface area (Å²) in [6.07, 6.45) is 3.44. The van der Waals surface area contributed by atoms with E-state index < -0.39 is 18.0 Å². The number of nitrogens with one attached hydrogen (secondary N) is 2. The molecule has 0 spiro atoms. The van der Waals surface area contributed by atoms with Crippen molar-refractivity contribution in [1.29, 1.82) is 0 Å². The van der Waals surface area contributed by atoms with Crippen molar-refractivity contribution in [3.05, 3.63) is 29.8 Å². The Hall–Kier alpha value is -1.69. The molecular formula is C15H22N2O3S. The molecule has 0 heterocycles. The average Bonchev–Trinajstić information content (AvgIpc) is 2.51. The molecule has 6 heteroatoms. The number of carbonyl (C=O) groups is 2. The molecule has 1 aromatic carbocycles. The van der Waals surface area contributed by atoms with Gasteiger partial charge in [0.2, 0.25) is 0 Å². The number of methoxy groups -OCH3 is 1. The zero-order valence-electron chi connectivity index (χ0n) is 12.6. The van der Waals surface area contributed by atoms with E-state index in [0.717, 1.165) is 12.2 Å². The van der Waals surface area contributed by atoms with Gasteiger partial charge in [-0.2, -0.15) is 11.8 Å². The topological polar surface area (TPSA) is 67.4 Å². The van der Waals surface area contributed by atoms with Crippen LogP contribution in [0.5, 0.6) is 0 Å². The Morgan fingerprint density at radius 2 is 1.95 bits per heavy atom. The van der Waals surface area contributed by atoms with Gasteiger partial charge in [-0.25, -0.2) is 9.59 Å². The van der Waals surface area contributed by atoms with Gasteiger partial charge in [-0.05, 0) is 42.5 Å². The van der Waals surface area contributed by atoms with E-state index in [0.29, 0.717) is 12.1 Å². The molecule has 1 unspecified atom stereocenters. The highest BCUT2D eigenvalue weighted by molar-refractivity contribution is 7.98. The third-order valence-corrected chi connectivity index (χ3v) is 3.67. The summed E-state index contributed by atoms with van der Waals surface area (Å²) in [7, 11) is 1.32. The monoisotopic (exact) mass is 310 g/mol. The fourth-order valence-corrected chi connectivity index (χ4v) is 2.25. The molecule has 1 aromatic rings. The van der Waals surface area contributed by atoms with Gasteiger partial charge in [-0.1, -0.05) is 19.1 Å². The first-order valence-electron chi connectivity index (χ1n) is 6.84. The number of benzene rings is 1. The molecule has 1 rings (SSSR count). The smallest absolute Gasteiger partial charge is 0.328 e. The molecule has 5 nitrogen and oxygen atoms in total. The van der Waals surface area contributed by atoms with Gasteiger partial charge in [0.05, 0.1) is 7.11 Å². The number of aryl methyl sites for hydroxylation is 1. The van der Waals surface area contributed by atoms with Crippen LogP contribution < -0.4 is 10.6 Å². The second kappa shape index (κ2) is 9.28. The van der Waals surface area contributed by atoms with Gasteiger partial charge in [0.1, 0.15) is 6.04 Å². The van der Waals surface area contributed by atoms with Crippen LogP contribution in [0, 0.1) is 0 Å². The second-order valence-corrected chi connectivity index (χ2v) is 5.49. The Morgan fingerprint density at radius 3 is 2.48 bits per heavy atom. The van der Waals surface area contributed by atoms with E-state index in [9.17, 15) is 9.59 Å². The predicted molar refractivity (Wildman–Crippen MR) is 86.8 cm³/mol. The van der Waals surface area contributed by atoms with E-state index in [2.05, 4.69) is 17.6 Å². The van der Waals surface area contributed by atoms with Gasteiger partial charge < -0.3 is 15.4 Å². The summed E-state index contributed by atoms with van der Waals surface area (Å²) in [6.45, 7) is 2.07. The number of anilines is 1. The van der Waals surface area contributed by atoms with Crippen LogP contribution >= 0.6 is 11.8 Å². The molecule has 2 amide bonds. The lowest BCUT2D eigenvalue weighted by atomic mass is 10.1. The molecular weight excluding hydrogens is 288 g/mol. The fraction of sp³-hybridized carbons (Fsp3) is 0.467. The van der Waals surface area contributed by atoms with Crippen molar-refractivity contribution in [3.8, 4) is 0 Å². The maximum Gasteiger partial charge on any atom is 0.328 e. The number of esters is 1. The highest BCUT2D eigenvalue weighted by Crippen LogP contribution is 2.10. The molecule has 0 aliphatic carbocycles. The second-order valence-electron chi connectivity index (χ2n) is 4.51. The lowest BCUT2D eigenvalue weighted by Crippen LogP contribution is -2.44. The maximum absolute atomic E-state index is 11.9. The quantitative estimate of drug-likeness (QED) is 0.760. The number of urea groups is 1. The summed E-state index contributed by atoms with van der Waals surface area (Å²) in [5.74, 6) is 0.339. The first-order valence-corrected chi connectivity index (χ1v) is 8.23. The number of thioether (sulfide) groups is 1. The van der Waals surface area contributed by atoms with Gasteiger partial charge in [0.25, 0.3) is 0 Å². The minimum absolute atomic E-state index is 0.407. The van der Waals surface area contributed by atoms with Crippen molar-refractivity contribution in [3.63, 3.8) is 0 Å². The zero-order chi connectivity index (χ0) is 15.7. The van der Waals surface area contributed by atoms with Crippen LogP contribution in [0.25, 0.3) is 0 Å². The lowest BCUT2D eigenvalue weighted by molar-refractivity contribution is -0.142. The molecule has 0 saturated carbocycles. The molecule has 0 saturated heterocycles. The van der Waals surface area contributed by atoms with E-state index in [1.54, 1.807) is 11.8 Å². The van der Waals surface area contributed by atoms with E-state index in [4.69, 9.17) is 4.74 Å². The lowest BCUT2D eigenvalue weighted by Gasteiger charge is -2.16. The van der Waals surface area contributed by atoms with Crippen molar-refractivity contribution in [2.24, 2.45) is 0 Å². The summed E-state index contributed by atoms with van der Waals surface area (Å²) < 4.78 is 4.70. The van der Waals surface area contributed by atoms with Gasteiger partial charge >= 0.3 is 12.0 Å².